The van der Waals surface area contributed by atoms with Crippen molar-refractivity contribution in [1.82, 2.24) is 9.97 Å². The summed E-state index contributed by atoms with van der Waals surface area (Å²) >= 11 is 3.18. The van der Waals surface area contributed by atoms with Crippen molar-refractivity contribution in [2.24, 2.45) is 0 Å². The van der Waals surface area contributed by atoms with E-state index in [1.165, 1.54) is 12.1 Å². The van der Waals surface area contributed by atoms with Gasteiger partial charge in [0.1, 0.15) is 17.5 Å². The monoisotopic (exact) mass is 489 g/mol. The second kappa shape index (κ2) is 7.96. The van der Waals surface area contributed by atoms with Crippen molar-refractivity contribution in [1.29, 1.82) is 0 Å². The number of nitrogens with one attached hydrogen (secondary N) is 1. The molecule has 0 saturated heterocycles. The molecule has 6 nitrogen and oxygen atoms in total. The Bertz CT molecular complexity index is 1350. The summed E-state index contributed by atoms with van der Waals surface area (Å²) in [6.07, 6.45) is 0. The fourth-order valence-electron chi connectivity index (χ4n) is 2.63. The number of halogens is 3. The number of rotatable bonds is 5. The molecule has 0 spiro atoms. The first-order chi connectivity index (χ1) is 14.3. The number of fused-ring (bicyclic) bond motifs is 1. The number of benzene rings is 3. The van der Waals surface area contributed by atoms with Gasteiger partial charge in [0.2, 0.25) is 10.0 Å². The van der Waals surface area contributed by atoms with Crippen molar-refractivity contribution in [2.45, 2.75) is 4.90 Å². The summed E-state index contributed by atoms with van der Waals surface area (Å²) in [6.45, 7) is 0. The number of anilines is 2. The first-order valence-corrected chi connectivity index (χ1v) is 10.8. The number of hydrogen-bond acceptors (Lipinski definition) is 5. The van der Waals surface area contributed by atoms with E-state index >= 15 is 0 Å². The number of sulfonamides is 1. The molecule has 0 aliphatic carbocycles. The summed E-state index contributed by atoms with van der Waals surface area (Å²) in [5, 5.41) is 2.76. The predicted molar refractivity (Wildman–Crippen MR) is 114 cm³/mol. The molecule has 4 aromatic rings. The van der Waals surface area contributed by atoms with E-state index in [-0.39, 0.29) is 22.2 Å². The molecule has 0 amide bonds. The van der Waals surface area contributed by atoms with Crippen LogP contribution in [0, 0.1) is 11.6 Å². The zero-order chi connectivity index (χ0) is 21.3. The Kier molecular flexibility index (Phi) is 5.35. The Labute approximate surface area is 179 Å². The Morgan fingerprint density at radius 1 is 0.900 bits per heavy atom. The molecule has 0 atom stereocenters. The first-order valence-electron chi connectivity index (χ1n) is 8.54. The third kappa shape index (κ3) is 4.24. The van der Waals surface area contributed by atoms with Crippen LogP contribution in [0.1, 0.15) is 0 Å². The fraction of sp³-hybridized carbons (Fsp3) is 0. The molecule has 1 heterocycles. The van der Waals surface area contributed by atoms with Crippen LogP contribution in [0.15, 0.2) is 76.1 Å². The van der Waals surface area contributed by atoms with Gasteiger partial charge in [-0.1, -0.05) is 34.1 Å². The second-order valence-electron chi connectivity index (χ2n) is 6.15. The Balaban J connectivity index is 1.79. The van der Waals surface area contributed by atoms with Crippen LogP contribution in [0.2, 0.25) is 0 Å². The highest BCUT2D eigenvalue weighted by Gasteiger charge is 2.14. The smallest absolute Gasteiger partial charge is 0.202 e. The number of nitrogens with zero attached hydrogens (tertiary/aromatic N) is 3. The number of aromatic nitrogens is 2. The lowest BCUT2D eigenvalue weighted by molar-refractivity contribution is 0.601. The van der Waals surface area contributed by atoms with Crippen molar-refractivity contribution in [3.8, 4) is 0 Å². The molecule has 10 heteroatoms. The molecule has 30 heavy (non-hydrogen) atoms. The lowest BCUT2D eigenvalue weighted by Crippen LogP contribution is -2.03. The molecular formula is C20H12BrF2N4O2S-. The lowest BCUT2D eigenvalue weighted by atomic mass is 10.3. The third-order valence-electron chi connectivity index (χ3n) is 4.05. The van der Waals surface area contributed by atoms with Gasteiger partial charge in [0.25, 0.3) is 0 Å². The van der Waals surface area contributed by atoms with Gasteiger partial charge in [0.05, 0.1) is 16.1 Å². The van der Waals surface area contributed by atoms with Crippen LogP contribution >= 0.6 is 15.9 Å². The van der Waals surface area contributed by atoms with Crippen LogP contribution in [0.5, 0.6) is 0 Å². The van der Waals surface area contributed by atoms with Gasteiger partial charge in [-0.05, 0) is 59.9 Å². The Morgan fingerprint density at radius 2 is 1.57 bits per heavy atom. The SMILES string of the molecule is O=S(=O)([N-]c1nc2ccccc2nc1Nc1ccc(Br)cc1F)c1ccc(F)cc1. The molecule has 1 N–H and O–H groups in total. The van der Waals surface area contributed by atoms with Gasteiger partial charge in [0, 0.05) is 4.47 Å². The first kappa shape index (κ1) is 20.2. The van der Waals surface area contributed by atoms with Gasteiger partial charge >= 0.3 is 0 Å². The molecule has 3 aromatic carbocycles. The van der Waals surface area contributed by atoms with Gasteiger partial charge in [-0.3, -0.25) is 0 Å². The maximum Gasteiger partial charge on any atom is 0.202 e. The zero-order valence-electron chi connectivity index (χ0n) is 15.1. The van der Waals surface area contributed by atoms with E-state index in [9.17, 15) is 17.2 Å². The summed E-state index contributed by atoms with van der Waals surface area (Å²) in [5.74, 6) is -1.44. The maximum atomic E-state index is 14.3. The molecule has 0 fully saturated rings. The van der Waals surface area contributed by atoms with E-state index in [1.54, 1.807) is 30.3 Å². The minimum Gasteiger partial charge on any atom is -0.431 e. The average Bonchev–Trinajstić information content (AvgIpc) is 2.70. The second-order valence-corrected chi connectivity index (χ2v) is 8.67. The minimum atomic E-state index is -4.22. The topological polar surface area (TPSA) is 86.1 Å². The van der Waals surface area contributed by atoms with Gasteiger partial charge in [0.15, 0.2) is 0 Å². The highest BCUT2D eigenvalue weighted by atomic mass is 79.9. The summed E-state index contributed by atoms with van der Waals surface area (Å²) in [6, 6.07) is 15.4. The van der Waals surface area contributed by atoms with E-state index in [0.717, 1.165) is 24.3 Å². The van der Waals surface area contributed by atoms with Crippen LogP contribution < -0.4 is 5.32 Å². The van der Waals surface area contributed by atoms with Crippen molar-refractivity contribution in [3.05, 3.63) is 87.6 Å². The molecule has 0 unspecified atom stereocenters. The predicted octanol–water partition coefficient (Wildman–Crippen LogP) is 5.81. The normalized spacial score (nSPS) is 11.4. The molecule has 152 valence electrons. The van der Waals surface area contributed by atoms with Crippen LogP contribution in [-0.2, 0) is 10.0 Å². The van der Waals surface area contributed by atoms with Crippen molar-refractivity contribution < 1.29 is 17.2 Å². The zero-order valence-corrected chi connectivity index (χ0v) is 17.5. The molecule has 0 saturated carbocycles. The third-order valence-corrected chi connectivity index (χ3v) is 5.83. The van der Waals surface area contributed by atoms with Gasteiger partial charge in [-0.2, -0.15) is 0 Å². The fourth-order valence-corrected chi connectivity index (χ4v) is 3.90. The summed E-state index contributed by atoms with van der Waals surface area (Å²) in [7, 11) is -4.22. The molecular weight excluding hydrogens is 478 g/mol. The maximum absolute atomic E-state index is 14.3. The van der Waals surface area contributed by atoms with Crippen LogP contribution in [0.4, 0.5) is 26.1 Å². The Hall–Kier alpha value is -3.11. The molecule has 4 rings (SSSR count). The summed E-state index contributed by atoms with van der Waals surface area (Å²) in [4.78, 5) is 8.42. The lowest BCUT2D eigenvalue weighted by Gasteiger charge is -2.21. The van der Waals surface area contributed by atoms with Gasteiger partial charge in [-0.15, -0.1) is 0 Å². The Morgan fingerprint density at radius 3 is 2.23 bits per heavy atom. The highest BCUT2D eigenvalue weighted by molar-refractivity contribution is 9.10. The van der Waals surface area contributed by atoms with Crippen LogP contribution in [0.25, 0.3) is 15.8 Å². The molecule has 0 bridgehead atoms. The van der Waals surface area contributed by atoms with Crippen molar-refractivity contribution in [2.75, 3.05) is 5.32 Å². The van der Waals surface area contributed by atoms with E-state index < -0.39 is 21.7 Å². The van der Waals surface area contributed by atoms with E-state index in [4.69, 9.17) is 0 Å². The van der Waals surface area contributed by atoms with E-state index in [0.29, 0.717) is 15.5 Å². The molecule has 0 aliphatic rings. The minimum absolute atomic E-state index is 0.0411. The largest absolute Gasteiger partial charge is 0.431 e. The standard InChI is InChI=1S/C20H12BrF2N4O2S/c21-12-5-10-16(15(23)11-12)24-19-20(26-18-4-2-1-3-17(18)25-19)27-30(28,29)14-8-6-13(22)7-9-14/h1-11H,(H-,24,25,26,27)/q-1. The highest BCUT2D eigenvalue weighted by Crippen LogP contribution is 2.35. The van der Waals surface area contributed by atoms with Gasteiger partial charge in [-0.25, -0.2) is 22.2 Å². The van der Waals surface area contributed by atoms with Gasteiger partial charge < -0.3 is 15.0 Å². The number of hydrogen-bond donors (Lipinski definition) is 1. The van der Waals surface area contributed by atoms with E-state index in [1.807, 2.05) is 0 Å². The molecule has 0 radical (unpaired) electrons. The van der Waals surface area contributed by atoms with Crippen molar-refractivity contribution in [3.63, 3.8) is 0 Å². The van der Waals surface area contributed by atoms with Crippen LogP contribution in [-0.4, -0.2) is 18.4 Å². The molecule has 1 aromatic heterocycles. The van der Waals surface area contributed by atoms with Crippen molar-refractivity contribution >= 4 is 54.3 Å². The average molecular weight is 490 g/mol. The molecule has 0 aliphatic heterocycles. The van der Waals surface area contributed by atoms with E-state index in [2.05, 4.69) is 35.9 Å². The quantitative estimate of drug-likeness (QED) is 0.382. The van der Waals surface area contributed by atoms with Crippen LogP contribution in [0.3, 0.4) is 0 Å². The summed E-state index contributed by atoms with van der Waals surface area (Å²) < 4.78 is 57.2. The summed E-state index contributed by atoms with van der Waals surface area (Å²) in [5.41, 5.74) is 0.946. The number of para-hydroxylation sites is 2.